The molecule has 0 aromatic heterocycles. The van der Waals surface area contributed by atoms with E-state index in [2.05, 4.69) is 15.9 Å². The fraction of sp³-hybridized carbons (Fsp3) is 0.600. The third-order valence-corrected chi connectivity index (χ3v) is 2.96. The van der Waals surface area contributed by atoms with Crippen molar-refractivity contribution < 1.29 is 14.2 Å². The molecule has 0 aromatic carbocycles. The normalized spacial score (nSPS) is 27.3. The summed E-state index contributed by atoms with van der Waals surface area (Å²) in [6, 6.07) is 0. The minimum absolute atomic E-state index is 0.326. The van der Waals surface area contributed by atoms with Gasteiger partial charge in [-0.3, -0.25) is 0 Å². The van der Waals surface area contributed by atoms with Crippen LogP contribution in [-0.2, 0) is 14.2 Å². The van der Waals surface area contributed by atoms with Gasteiger partial charge in [0.15, 0.2) is 18.3 Å². The van der Waals surface area contributed by atoms with Crippen LogP contribution in [0.25, 0.3) is 0 Å². The van der Waals surface area contributed by atoms with Gasteiger partial charge in [0.1, 0.15) is 0 Å². The number of methoxy groups -OCH3 is 1. The lowest BCUT2D eigenvalue weighted by Gasteiger charge is -2.21. The lowest BCUT2D eigenvalue weighted by Crippen LogP contribution is -2.11. The predicted octanol–water partition coefficient (Wildman–Crippen LogP) is 2.33. The van der Waals surface area contributed by atoms with Gasteiger partial charge < -0.3 is 14.2 Å². The van der Waals surface area contributed by atoms with E-state index in [1.807, 2.05) is 6.08 Å². The molecule has 0 saturated heterocycles. The summed E-state index contributed by atoms with van der Waals surface area (Å²) in [6.07, 6.45) is 3.94. The highest BCUT2D eigenvalue weighted by atomic mass is 79.9. The zero-order valence-corrected chi connectivity index (χ0v) is 9.67. The molecule has 1 atom stereocenters. The van der Waals surface area contributed by atoms with Crippen molar-refractivity contribution in [2.45, 2.75) is 17.7 Å². The summed E-state index contributed by atoms with van der Waals surface area (Å²) < 4.78 is 16.0. The van der Waals surface area contributed by atoms with Crippen LogP contribution < -0.4 is 0 Å². The van der Waals surface area contributed by atoms with Gasteiger partial charge in [0, 0.05) is 4.83 Å². The largest absolute Gasteiger partial charge is 0.493 e. The average molecular weight is 261 g/mol. The molecule has 1 heterocycles. The van der Waals surface area contributed by atoms with Gasteiger partial charge in [-0.2, -0.15) is 0 Å². The molecule has 3 nitrogen and oxygen atoms in total. The number of rotatable bonds is 1. The Morgan fingerprint density at radius 3 is 3.21 bits per heavy atom. The number of hydrogen-bond acceptors (Lipinski definition) is 3. The highest BCUT2D eigenvalue weighted by Gasteiger charge is 2.24. The number of halogens is 1. The van der Waals surface area contributed by atoms with Crippen LogP contribution in [0.3, 0.4) is 0 Å². The van der Waals surface area contributed by atoms with Crippen LogP contribution in [0, 0.1) is 0 Å². The van der Waals surface area contributed by atoms with Crippen molar-refractivity contribution in [2.24, 2.45) is 0 Å². The van der Waals surface area contributed by atoms with E-state index in [0.29, 0.717) is 11.6 Å². The number of ether oxygens (including phenoxy) is 3. The van der Waals surface area contributed by atoms with Crippen molar-refractivity contribution in [3.63, 3.8) is 0 Å². The standard InChI is InChI=1S/C10H13BrO3/c1-12-9-5-8(11)4-7-2-3-13-6-14-10(7)9/h5,8H,2-4,6H2,1H3. The fourth-order valence-electron chi connectivity index (χ4n) is 1.71. The van der Waals surface area contributed by atoms with Gasteiger partial charge >= 0.3 is 0 Å². The van der Waals surface area contributed by atoms with Crippen molar-refractivity contribution in [3.05, 3.63) is 23.2 Å². The number of alkyl halides is 1. The molecule has 4 heteroatoms. The van der Waals surface area contributed by atoms with Crippen molar-refractivity contribution in [1.82, 2.24) is 0 Å². The third-order valence-electron chi connectivity index (χ3n) is 2.37. The van der Waals surface area contributed by atoms with E-state index in [1.165, 1.54) is 5.57 Å². The minimum Gasteiger partial charge on any atom is -0.493 e. The Kier molecular flexibility index (Phi) is 3.13. The summed E-state index contributed by atoms with van der Waals surface area (Å²) >= 11 is 3.57. The topological polar surface area (TPSA) is 27.7 Å². The maximum Gasteiger partial charge on any atom is 0.189 e. The Morgan fingerprint density at radius 1 is 1.57 bits per heavy atom. The highest BCUT2D eigenvalue weighted by molar-refractivity contribution is 9.09. The maximum absolute atomic E-state index is 5.50. The molecule has 1 unspecified atom stereocenters. The summed E-state index contributed by atoms with van der Waals surface area (Å²) in [5.41, 5.74) is 1.28. The molecule has 2 aliphatic rings. The fourth-order valence-corrected chi connectivity index (χ4v) is 2.34. The Bertz CT molecular complexity index is 283. The molecule has 0 saturated carbocycles. The van der Waals surface area contributed by atoms with Crippen LogP contribution in [0.2, 0.25) is 0 Å². The molecule has 1 aliphatic carbocycles. The van der Waals surface area contributed by atoms with Gasteiger partial charge in [-0.15, -0.1) is 0 Å². The Hall–Kier alpha value is -0.480. The van der Waals surface area contributed by atoms with Crippen molar-refractivity contribution >= 4 is 15.9 Å². The lowest BCUT2D eigenvalue weighted by atomic mass is 9.99. The van der Waals surface area contributed by atoms with Crippen LogP contribution in [-0.4, -0.2) is 25.3 Å². The number of allylic oxidation sites excluding steroid dienone is 1. The van der Waals surface area contributed by atoms with Crippen LogP contribution in [0.15, 0.2) is 23.2 Å². The van der Waals surface area contributed by atoms with Gasteiger partial charge in [-0.05, 0) is 24.5 Å². The summed E-state index contributed by atoms with van der Waals surface area (Å²) in [5, 5.41) is 0. The van der Waals surface area contributed by atoms with E-state index in [9.17, 15) is 0 Å². The monoisotopic (exact) mass is 260 g/mol. The first kappa shape index (κ1) is 10.1. The summed E-state index contributed by atoms with van der Waals surface area (Å²) in [6.45, 7) is 1.06. The first-order chi connectivity index (χ1) is 6.81. The van der Waals surface area contributed by atoms with E-state index >= 15 is 0 Å². The van der Waals surface area contributed by atoms with Crippen LogP contribution in [0.1, 0.15) is 12.8 Å². The maximum atomic E-state index is 5.50. The zero-order valence-electron chi connectivity index (χ0n) is 8.09. The van der Waals surface area contributed by atoms with Crippen molar-refractivity contribution in [2.75, 3.05) is 20.5 Å². The van der Waals surface area contributed by atoms with Crippen molar-refractivity contribution in [3.8, 4) is 0 Å². The van der Waals surface area contributed by atoms with Crippen molar-refractivity contribution in [1.29, 1.82) is 0 Å². The molecular weight excluding hydrogens is 248 g/mol. The predicted molar refractivity (Wildman–Crippen MR) is 56.0 cm³/mol. The molecular formula is C10H13BrO3. The Morgan fingerprint density at radius 2 is 2.43 bits per heavy atom. The van der Waals surface area contributed by atoms with Crippen LogP contribution in [0.5, 0.6) is 0 Å². The van der Waals surface area contributed by atoms with E-state index in [0.717, 1.165) is 31.0 Å². The first-order valence-electron chi connectivity index (χ1n) is 4.64. The van der Waals surface area contributed by atoms with Crippen LogP contribution >= 0.6 is 15.9 Å². The molecule has 2 rings (SSSR count). The van der Waals surface area contributed by atoms with Gasteiger partial charge in [0.2, 0.25) is 0 Å². The Labute approximate surface area is 91.8 Å². The van der Waals surface area contributed by atoms with E-state index in [4.69, 9.17) is 14.2 Å². The third kappa shape index (κ3) is 1.96. The summed E-state index contributed by atoms with van der Waals surface area (Å²) in [5.74, 6) is 1.69. The molecule has 0 amide bonds. The van der Waals surface area contributed by atoms with E-state index < -0.39 is 0 Å². The second-order valence-electron chi connectivity index (χ2n) is 3.31. The van der Waals surface area contributed by atoms with Crippen LogP contribution in [0.4, 0.5) is 0 Å². The molecule has 0 N–H and O–H groups in total. The lowest BCUT2D eigenvalue weighted by molar-refractivity contribution is -0.0154. The molecule has 0 bridgehead atoms. The van der Waals surface area contributed by atoms with E-state index in [-0.39, 0.29) is 0 Å². The molecule has 0 fully saturated rings. The molecule has 78 valence electrons. The van der Waals surface area contributed by atoms with Gasteiger partial charge in [0.25, 0.3) is 0 Å². The molecule has 0 radical (unpaired) electrons. The Balaban J connectivity index is 2.26. The van der Waals surface area contributed by atoms with Gasteiger partial charge in [-0.1, -0.05) is 15.9 Å². The van der Waals surface area contributed by atoms with Gasteiger partial charge in [-0.25, -0.2) is 0 Å². The smallest absolute Gasteiger partial charge is 0.189 e. The SMILES string of the molecule is COC1=CC(Br)CC2=C1OCOCC2. The first-order valence-corrected chi connectivity index (χ1v) is 5.55. The van der Waals surface area contributed by atoms with Gasteiger partial charge in [0.05, 0.1) is 13.7 Å². The highest BCUT2D eigenvalue weighted by Crippen LogP contribution is 2.33. The molecule has 0 aromatic rings. The molecule has 0 spiro atoms. The second-order valence-corrected chi connectivity index (χ2v) is 4.48. The minimum atomic E-state index is 0.326. The molecule has 1 aliphatic heterocycles. The quantitative estimate of drug-likeness (QED) is 0.678. The zero-order chi connectivity index (χ0) is 9.97. The second kappa shape index (κ2) is 4.36. The summed E-state index contributed by atoms with van der Waals surface area (Å²) in [4.78, 5) is 0.345. The molecule has 14 heavy (non-hydrogen) atoms. The van der Waals surface area contributed by atoms with E-state index in [1.54, 1.807) is 7.11 Å². The average Bonchev–Trinajstić information content (AvgIpc) is 2.41. The summed E-state index contributed by atoms with van der Waals surface area (Å²) in [7, 11) is 1.66. The number of hydrogen-bond donors (Lipinski definition) is 0.